The topological polar surface area (TPSA) is 712 Å². The molecule has 1 unspecified atom stereocenters. The van der Waals surface area contributed by atoms with E-state index in [1.165, 1.54) is 0 Å². The van der Waals surface area contributed by atoms with Gasteiger partial charge in [-0.1, -0.05) is 0 Å². The molecule has 0 aromatic carbocycles. The largest absolute Gasteiger partial charge is 0.394 e. The van der Waals surface area contributed by atoms with Gasteiger partial charge in [0.1, 0.15) is 220 Å². The van der Waals surface area contributed by atoms with Crippen LogP contribution in [-0.4, -0.2) is 474 Å². The molecule has 45 heteroatoms. The lowest BCUT2D eigenvalue weighted by Crippen LogP contribution is -2.68. The highest BCUT2D eigenvalue weighted by Gasteiger charge is 2.61. The van der Waals surface area contributed by atoms with Gasteiger partial charge in [0.05, 0.1) is 59.5 Å². The van der Waals surface area contributed by atoms with Crippen LogP contribution in [0.4, 0.5) is 0 Å². The van der Waals surface area contributed by atoms with Crippen molar-refractivity contribution >= 4 is 0 Å². The van der Waals surface area contributed by atoms with Gasteiger partial charge in [-0.15, -0.1) is 0 Å². The number of aliphatic hydroxyl groups is 27. The summed E-state index contributed by atoms with van der Waals surface area (Å²) in [5, 5.41) is 299. The highest BCUT2D eigenvalue weighted by molar-refractivity contribution is 5.03. The quantitative estimate of drug-likeness (QED) is 0.0814. The van der Waals surface area contributed by atoms with Crippen LogP contribution in [0.2, 0.25) is 0 Å². The summed E-state index contributed by atoms with van der Waals surface area (Å²) >= 11 is 0. The molecule has 45 atom stereocenters. The van der Waals surface area contributed by atoms with Gasteiger partial charge in [0.25, 0.3) is 0 Å². The van der Waals surface area contributed by atoms with Crippen LogP contribution in [-0.2, 0) is 85.3 Å². The Balaban J connectivity index is 0.938. The Labute approximate surface area is 558 Å². The molecule has 0 spiro atoms. The van der Waals surface area contributed by atoms with Crippen LogP contribution in [0.3, 0.4) is 0 Å². The minimum atomic E-state index is -2.43. The zero-order chi connectivity index (χ0) is 72.1. The molecule has 0 radical (unpaired) electrons. The zero-order valence-corrected chi connectivity index (χ0v) is 51.8. The van der Waals surface area contributed by atoms with Gasteiger partial charge < -0.3 is 223 Å². The molecular formula is C54H90O45. The zero-order valence-electron chi connectivity index (χ0n) is 51.8. The van der Waals surface area contributed by atoms with Crippen molar-refractivity contribution in [2.24, 2.45) is 0 Å². The fourth-order valence-corrected chi connectivity index (χ4v) is 13.3. The Kier molecular flexibility index (Phi) is 27.4. The maximum atomic E-state index is 12.0. The van der Waals surface area contributed by atoms with Gasteiger partial charge in [0.2, 0.25) is 0 Å². The maximum Gasteiger partial charge on any atom is 0.187 e. The molecule has 0 aromatic rings. The fourth-order valence-electron chi connectivity index (χ4n) is 13.3. The minimum absolute atomic E-state index is 0.906. The van der Waals surface area contributed by atoms with Gasteiger partial charge in [0, 0.05) is 0 Å². The van der Waals surface area contributed by atoms with Crippen LogP contribution in [0.5, 0.6) is 0 Å². The SMILES string of the molecule is OC[C@H]1O[C@@H](O[C@H]2[C@H](O)[C@@H](O)[C@@H](OC[C@H]3O[C@@H]4O[C@@H]5[C@H](O)[C@@H](O)[C@@H](O[C@H]6[C@H](O)[C@@H](O)[C@H](O[C@H]7[C@H](O)[C@@H](O)C(O[C@H]8[C@H](O)[C@@H](O)[C@@H](O[C@@H]9[C@H](O)[C@@H](O)[C@@H](O[C@@H]%10[C@H](O)[C@@H](O)[C@@H](O[C@@H]3[C@H](O)[C@@H]4O)O[C@@H]%10CO)O[C@@H]9CO)O[C@@H]8CO)O[C@@H]7CO)O[C@@H]6CO)O[C@@H]5CO)O[C@@H]2CO)[C@@H](O)[C@@H](O)[C@@H]1O. The Morgan fingerprint density at radius 1 is 0.182 bits per heavy atom. The maximum absolute atomic E-state index is 12.0. The molecule has 0 amide bonds. The predicted octanol–water partition coefficient (Wildman–Crippen LogP) is -19.6. The summed E-state index contributed by atoms with van der Waals surface area (Å²) in [5.74, 6) is 0. The summed E-state index contributed by atoms with van der Waals surface area (Å²) in [5.41, 5.74) is 0. The van der Waals surface area contributed by atoms with Crippen molar-refractivity contribution in [2.45, 2.75) is 276 Å². The van der Waals surface area contributed by atoms with Crippen molar-refractivity contribution < 1.29 is 223 Å². The van der Waals surface area contributed by atoms with Crippen LogP contribution in [0.1, 0.15) is 0 Å². The van der Waals surface area contributed by atoms with E-state index in [2.05, 4.69) is 0 Å². The van der Waals surface area contributed by atoms with Crippen molar-refractivity contribution in [3.8, 4) is 0 Å². The first kappa shape index (κ1) is 79.8. The van der Waals surface area contributed by atoms with E-state index in [1.54, 1.807) is 0 Å². The van der Waals surface area contributed by atoms with E-state index in [4.69, 9.17) is 85.3 Å². The van der Waals surface area contributed by atoms with Crippen molar-refractivity contribution in [1.29, 1.82) is 0 Å². The van der Waals surface area contributed by atoms with E-state index in [0.717, 1.165) is 0 Å². The Morgan fingerprint density at radius 2 is 0.404 bits per heavy atom. The second-order valence-corrected chi connectivity index (χ2v) is 25.3. The summed E-state index contributed by atoms with van der Waals surface area (Å²) in [6, 6.07) is 0. The lowest BCUT2D eigenvalue weighted by Gasteiger charge is -2.50. The van der Waals surface area contributed by atoms with E-state index >= 15 is 0 Å². The molecule has 576 valence electrons. The molecule has 27 N–H and O–H groups in total. The second-order valence-electron chi connectivity index (χ2n) is 25.3. The van der Waals surface area contributed by atoms with Crippen LogP contribution < -0.4 is 0 Å². The number of ether oxygens (including phenoxy) is 18. The first-order chi connectivity index (χ1) is 47.1. The molecule has 0 aliphatic carbocycles. The van der Waals surface area contributed by atoms with E-state index in [1.807, 2.05) is 0 Å². The highest BCUT2D eigenvalue weighted by atomic mass is 16.8. The van der Waals surface area contributed by atoms with Gasteiger partial charge in [0.15, 0.2) is 56.6 Å². The second kappa shape index (κ2) is 34.0. The van der Waals surface area contributed by atoms with Crippen molar-refractivity contribution in [3.63, 3.8) is 0 Å². The van der Waals surface area contributed by atoms with E-state index < -0.39 is 336 Å². The van der Waals surface area contributed by atoms with E-state index in [0.29, 0.717) is 0 Å². The first-order valence-corrected chi connectivity index (χ1v) is 31.6. The van der Waals surface area contributed by atoms with Crippen LogP contribution in [0.15, 0.2) is 0 Å². The Bertz CT molecular complexity index is 2450. The summed E-state index contributed by atoms with van der Waals surface area (Å²) in [6.45, 7) is -9.86. The summed E-state index contributed by atoms with van der Waals surface area (Å²) < 4.78 is 103. The highest BCUT2D eigenvalue weighted by Crippen LogP contribution is 2.40. The molecular weight excluding hydrogens is 1370 g/mol. The Morgan fingerprint density at radius 3 is 0.657 bits per heavy atom. The van der Waals surface area contributed by atoms with Crippen molar-refractivity contribution in [1.82, 2.24) is 0 Å². The van der Waals surface area contributed by atoms with Crippen molar-refractivity contribution in [2.75, 3.05) is 59.5 Å². The van der Waals surface area contributed by atoms with E-state index in [9.17, 15) is 138 Å². The molecule has 23 aliphatic rings. The van der Waals surface area contributed by atoms with Crippen molar-refractivity contribution in [3.05, 3.63) is 0 Å². The van der Waals surface area contributed by atoms with Gasteiger partial charge in [-0.3, -0.25) is 0 Å². The lowest BCUT2D eigenvalue weighted by atomic mass is 9.95. The molecule has 23 saturated heterocycles. The number of aliphatic hydroxyl groups excluding tert-OH is 27. The summed E-state index contributed by atoms with van der Waals surface area (Å²) in [6.07, 6.45) is -94.3. The number of hydrogen-bond acceptors (Lipinski definition) is 45. The standard InChI is InChI=1S/C54H90O45/c55-1-10-19(63)20(64)29(73)47(83-10)92-38-11(2-56)84-46(30(74)21(38)65)82-9-18-45-28(72)37(81)54(91-18)98-44-17(8-62)89-52(35(79)26(44)70)96-42-15(6-60)87-50(33(77)24(42)68)94-40-13(4-58)85-48(31(75)22(40)66)93-39-12(3-57)86-49(32(76)23(39)67)95-41-14(5-59)88-51(34(78)25(41)69)97-43-16(7-61)90-53(99-45)36(80)27(43)71/h10-81H,1-9H2/t10-,11-,12-,13-,14-,15-,16-,17-,18-,19-,20+,21-,22-,23-,24-,25-,26-,27-,28-,29+,30-,31-,32-,33-,34-,35-,36-,37+,38-,39-,40-,41+,42-,43+,44+,45+,46+,47+,48?,49-,50+,51-,52-,53-,54-/m1/s1. The summed E-state index contributed by atoms with van der Waals surface area (Å²) in [4.78, 5) is 0. The monoisotopic (exact) mass is 1460 g/mol. The smallest absolute Gasteiger partial charge is 0.187 e. The molecule has 0 saturated carbocycles. The predicted molar refractivity (Wildman–Crippen MR) is 294 cm³/mol. The van der Waals surface area contributed by atoms with E-state index in [-0.39, 0.29) is 0 Å². The molecule has 23 rings (SSSR count). The number of hydrogen-bond donors (Lipinski definition) is 27. The number of rotatable bonds is 13. The lowest BCUT2D eigenvalue weighted by molar-refractivity contribution is -0.399. The molecule has 45 nitrogen and oxygen atoms in total. The van der Waals surface area contributed by atoms with Crippen LogP contribution in [0.25, 0.3) is 0 Å². The first-order valence-electron chi connectivity index (χ1n) is 31.6. The third kappa shape index (κ3) is 16.0. The molecule has 99 heavy (non-hydrogen) atoms. The molecule has 0 aromatic heterocycles. The Hall–Kier alpha value is -1.80. The average Bonchev–Trinajstić information content (AvgIpc) is 0.754. The average molecular weight is 1460 g/mol. The summed E-state index contributed by atoms with van der Waals surface area (Å²) in [7, 11) is 0. The van der Waals surface area contributed by atoms with Gasteiger partial charge in [-0.2, -0.15) is 0 Å². The van der Waals surface area contributed by atoms with Crippen LogP contribution in [0, 0.1) is 0 Å². The molecule has 23 aliphatic heterocycles. The minimum Gasteiger partial charge on any atom is -0.394 e. The molecule has 23 heterocycles. The van der Waals surface area contributed by atoms with Crippen LogP contribution >= 0.6 is 0 Å². The molecule has 14 bridgehead atoms. The molecule has 23 fully saturated rings. The third-order valence-corrected chi connectivity index (χ3v) is 19.0. The third-order valence-electron chi connectivity index (χ3n) is 19.0. The fraction of sp³-hybridized carbons (Fsp3) is 1.00. The van der Waals surface area contributed by atoms with Gasteiger partial charge in [-0.25, -0.2) is 0 Å². The van der Waals surface area contributed by atoms with Gasteiger partial charge in [-0.05, 0) is 0 Å². The normalized spacial score (nSPS) is 55.1. The van der Waals surface area contributed by atoms with Gasteiger partial charge >= 0.3 is 0 Å².